The van der Waals surface area contributed by atoms with Crippen molar-refractivity contribution >= 4 is 28.1 Å². The number of thiazole rings is 1. The van der Waals surface area contributed by atoms with E-state index in [1.165, 1.54) is 0 Å². The molecule has 24 heavy (non-hydrogen) atoms. The van der Waals surface area contributed by atoms with Crippen molar-refractivity contribution in [1.82, 2.24) is 14.9 Å². The van der Waals surface area contributed by atoms with Gasteiger partial charge in [-0.15, -0.1) is 11.3 Å². The van der Waals surface area contributed by atoms with Crippen LogP contribution in [0.25, 0.3) is 10.9 Å². The van der Waals surface area contributed by atoms with E-state index in [-0.39, 0.29) is 11.9 Å². The molecule has 1 amide bonds. The fourth-order valence-corrected chi connectivity index (χ4v) is 3.95. The average molecular weight is 339 g/mol. The van der Waals surface area contributed by atoms with Gasteiger partial charge in [-0.3, -0.25) is 9.78 Å². The summed E-state index contributed by atoms with van der Waals surface area (Å²) in [6.45, 7) is 6.05. The maximum absolute atomic E-state index is 12.8. The molecule has 1 unspecified atom stereocenters. The maximum atomic E-state index is 12.8. The zero-order chi connectivity index (χ0) is 17.3. The van der Waals surface area contributed by atoms with Gasteiger partial charge in [-0.25, -0.2) is 4.98 Å². The highest BCUT2D eigenvalue weighted by Crippen LogP contribution is 2.29. The Bertz CT molecular complexity index is 882. The summed E-state index contributed by atoms with van der Waals surface area (Å²) in [5, 5.41) is 2.10. The number of pyridine rings is 1. The molecule has 5 heteroatoms. The Morgan fingerprint density at radius 2 is 2.00 bits per heavy atom. The van der Waals surface area contributed by atoms with E-state index in [9.17, 15) is 4.79 Å². The average Bonchev–Trinajstić information content (AvgIpc) is 2.92. The van der Waals surface area contributed by atoms with E-state index in [0.717, 1.165) is 32.0 Å². The molecular formula is C19H21N3OS. The second-order valence-corrected chi connectivity index (χ2v) is 7.27. The molecule has 3 rings (SSSR count). The lowest BCUT2D eigenvalue weighted by Gasteiger charge is -2.24. The zero-order valence-corrected chi connectivity index (χ0v) is 15.2. The number of rotatable bonds is 4. The van der Waals surface area contributed by atoms with E-state index < -0.39 is 0 Å². The number of carbonyl (C=O) groups excluding carboxylic acids is 1. The monoisotopic (exact) mass is 339 g/mol. The van der Waals surface area contributed by atoms with E-state index in [1.54, 1.807) is 17.5 Å². The molecule has 2 heterocycles. The van der Waals surface area contributed by atoms with Crippen molar-refractivity contribution in [3.8, 4) is 0 Å². The van der Waals surface area contributed by atoms with Crippen LogP contribution in [0.1, 0.15) is 34.1 Å². The van der Waals surface area contributed by atoms with Gasteiger partial charge in [0.1, 0.15) is 0 Å². The van der Waals surface area contributed by atoms with E-state index in [2.05, 4.69) is 16.9 Å². The SMILES string of the molecule is Cc1nc(C)c(C(C)N(C)C(=O)Cc2cccc3cccnc23)s1. The van der Waals surface area contributed by atoms with Crippen molar-refractivity contribution in [2.75, 3.05) is 7.05 Å². The van der Waals surface area contributed by atoms with Gasteiger partial charge in [0.15, 0.2) is 0 Å². The summed E-state index contributed by atoms with van der Waals surface area (Å²) >= 11 is 1.66. The number of para-hydroxylation sites is 1. The molecule has 0 spiro atoms. The van der Waals surface area contributed by atoms with Crippen LogP contribution >= 0.6 is 11.3 Å². The molecule has 0 fully saturated rings. The first-order valence-electron chi connectivity index (χ1n) is 7.99. The molecule has 1 atom stereocenters. The van der Waals surface area contributed by atoms with Gasteiger partial charge in [0.05, 0.1) is 28.7 Å². The van der Waals surface area contributed by atoms with Gasteiger partial charge >= 0.3 is 0 Å². The van der Waals surface area contributed by atoms with E-state index in [4.69, 9.17) is 0 Å². The van der Waals surface area contributed by atoms with Gasteiger partial charge in [-0.1, -0.05) is 24.3 Å². The van der Waals surface area contributed by atoms with Crippen molar-refractivity contribution < 1.29 is 4.79 Å². The second kappa shape index (κ2) is 6.69. The molecule has 0 saturated heterocycles. The lowest BCUT2D eigenvalue weighted by atomic mass is 10.1. The topological polar surface area (TPSA) is 46.1 Å². The van der Waals surface area contributed by atoms with Crippen LogP contribution < -0.4 is 0 Å². The van der Waals surface area contributed by atoms with Crippen molar-refractivity contribution in [2.45, 2.75) is 33.2 Å². The third-order valence-electron chi connectivity index (χ3n) is 4.35. The van der Waals surface area contributed by atoms with Crippen LogP contribution in [0.5, 0.6) is 0 Å². The predicted octanol–water partition coefficient (Wildman–Crippen LogP) is 4.07. The Kier molecular flexibility index (Phi) is 4.62. The van der Waals surface area contributed by atoms with Crippen LogP contribution in [0.4, 0.5) is 0 Å². The molecule has 3 aromatic rings. The number of likely N-dealkylation sites (N-methyl/N-ethyl adjacent to an activating group) is 1. The zero-order valence-electron chi connectivity index (χ0n) is 14.4. The third-order valence-corrected chi connectivity index (χ3v) is 5.59. The Labute approximate surface area is 146 Å². The van der Waals surface area contributed by atoms with Gasteiger partial charge in [0.25, 0.3) is 0 Å². The predicted molar refractivity (Wildman–Crippen MR) is 98.2 cm³/mol. The maximum Gasteiger partial charge on any atom is 0.227 e. The van der Waals surface area contributed by atoms with Crippen LogP contribution in [0.2, 0.25) is 0 Å². The number of fused-ring (bicyclic) bond motifs is 1. The van der Waals surface area contributed by atoms with Crippen molar-refractivity contribution in [1.29, 1.82) is 0 Å². The first kappa shape index (κ1) is 16.6. The molecular weight excluding hydrogens is 318 g/mol. The summed E-state index contributed by atoms with van der Waals surface area (Å²) in [4.78, 5) is 24.6. The van der Waals surface area contributed by atoms with Crippen LogP contribution in [-0.2, 0) is 11.2 Å². The Morgan fingerprint density at radius 1 is 1.25 bits per heavy atom. The summed E-state index contributed by atoms with van der Waals surface area (Å²) in [6, 6.07) is 9.93. The standard InChI is InChI=1S/C19H21N3OS/c1-12-19(24-14(3)21-12)13(2)22(4)17(23)11-16-8-5-7-15-9-6-10-20-18(15)16/h5-10,13H,11H2,1-4H3. The number of aromatic nitrogens is 2. The fraction of sp³-hybridized carbons (Fsp3) is 0.316. The molecule has 0 aliphatic carbocycles. The number of hydrogen-bond acceptors (Lipinski definition) is 4. The molecule has 124 valence electrons. The molecule has 0 N–H and O–H groups in total. The fourth-order valence-electron chi connectivity index (χ4n) is 2.92. The smallest absolute Gasteiger partial charge is 0.227 e. The summed E-state index contributed by atoms with van der Waals surface area (Å²) in [5.74, 6) is 0.0890. The van der Waals surface area contributed by atoms with Crippen LogP contribution in [0.15, 0.2) is 36.5 Å². The molecule has 0 saturated carbocycles. The lowest BCUT2D eigenvalue weighted by molar-refractivity contribution is -0.131. The minimum Gasteiger partial charge on any atom is -0.338 e. The summed E-state index contributed by atoms with van der Waals surface area (Å²) in [6.07, 6.45) is 2.12. The largest absolute Gasteiger partial charge is 0.338 e. The first-order valence-corrected chi connectivity index (χ1v) is 8.81. The van der Waals surface area contributed by atoms with Gasteiger partial charge in [0, 0.05) is 23.5 Å². The molecule has 1 aromatic carbocycles. The summed E-state index contributed by atoms with van der Waals surface area (Å²) < 4.78 is 0. The number of benzene rings is 1. The molecule has 2 aromatic heterocycles. The minimum absolute atomic E-state index is 0.0200. The van der Waals surface area contributed by atoms with Crippen LogP contribution in [-0.4, -0.2) is 27.8 Å². The summed E-state index contributed by atoms with van der Waals surface area (Å²) in [7, 11) is 1.86. The Balaban J connectivity index is 1.82. The molecule has 0 radical (unpaired) electrons. The van der Waals surface area contributed by atoms with E-state index >= 15 is 0 Å². The van der Waals surface area contributed by atoms with Crippen molar-refractivity contribution in [3.63, 3.8) is 0 Å². The highest BCUT2D eigenvalue weighted by Gasteiger charge is 2.22. The highest BCUT2D eigenvalue weighted by atomic mass is 32.1. The number of amides is 1. The third kappa shape index (κ3) is 3.17. The number of carbonyl (C=O) groups is 1. The van der Waals surface area contributed by atoms with Crippen LogP contribution in [0, 0.1) is 13.8 Å². The van der Waals surface area contributed by atoms with Gasteiger partial charge in [0.2, 0.25) is 5.91 Å². The Hall–Kier alpha value is -2.27. The number of hydrogen-bond donors (Lipinski definition) is 0. The van der Waals surface area contributed by atoms with Crippen LogP contribution in [0.3, 0.4) is 0 Å². The van der Waals surface area contributed by atoms with Gasteiger partial charge in [-0.2, -0.15) is 0 Å². The molecule has 4 nitrogen and oxygen atoms in total. The molecule has 0 aliphatic heterocycles. The number of nitrogens with zero attached hydrogens (tertiary/aromatic N) is 3. The molecule has 0 bridgehead atoms. The first-order chi connectivity index (χ1) is 11.5. The normalized spacial score (nSPS) is 12.3. The van der Waals surface area contributed by atoms with E-state index in [0.29, 0.717) is 6.42 Å². The van der Waals surface area contributed by atoms with Crippen molar-refractivity contribution in [3.05, 3.63) is 57.7 Å². The lowest BCUT2D eigenvalue weighted by Crippen LogP contribution is -2.31. The second-order valence-electron chi connectivity index (χ2n) is 6.03. The summed E-state index contributed by atoms with van der Waals surface area (Å²) in [5.41, 5.74) is 2.88. The quantitative estimate of drug-likeness (QED) is 0.720. The highest BCUT2D eigenvalue weighted by molar-refractivity contribution is 7.11. The van der Waals surface area contributed by atoms with E-state index in [1.807, 2.05) is 56.1 Å². The Morgan fingerprint density at radius 3 is 2.71 bits per heavy atom. The minimum atomic E-state index is 0.0200. The molecule has 0 aliphatic rings. The van der Waals surface area contributed by atoms with Gasteiger partial charge < -0.3 is 4.90 Å². The van der Waals surface area contributed by atoms with Crippen molar-refractivity contribution in [2.24, 2.45) is 0 Å². The number of aryl methyl sites for hydroxylation is 2. The van der Waals surface area contributed by atoms with Gasteiger partial charge in [-0.05, 0) is 32.4 Å².